The topological polar surface area (TPSA) is 84.9 Å². The molecule has 10 heteroatoms. The zero-order valence-corrected chi connectivity index (χ0v) is 19.3. The van der Waals surface area contributed by atoms with E-state index in [1.807, 2.05) is 18.4 Å². The minimum atomic E-state index is -4.24. The van der Waals surface area contributed by atoms with Gasteiger partial charge in [0.1, 0.15) is 25.6 Å². The summed E-state index contributed by atoms with van der Waals surface area (Å²) in [6.07, 6.45) is 1.87. The highest BCUT2D eigenvalue weighted by Gasteiger charge is 2.29. The number of benzene rings is 3. The van der Waals surface area contributed by atoms with Crippen LogP contribution in [0.4, 0.5) is 15.8 Å². The van der Waals surface area contributed by atoms with Crippen molar-refractivity contribution in [3.63, 3.8) is 0 Å². The van der Waals surface area contributed by atoms with Crippen molar-refractivity contribution in [1.29, 1.82) is 0 Å². The summed E-state index contributed by atoms with van der Waals surface area (Å²) >= 11 is 1.45. The normalized spacial score (nSPS) is 12.8. The van der Waals surface area contributed by atoms with Crippen LogP contribution in [0.2, 0.25) is 0 Å². The standard InChI is InChI=1S/C23H21FN2O5S2/c1-32-22-8-3-2-7-19(22)25-23(27)15-26(17-6-4-5-16(24)13-17)33(28,29)18-9-10-20-21(14-18)31-12-11-30-20/h2-10,13-14H,11-12,15H2,1H3,(H,25,27). The van der Waals surface area contributed by atoms with Gasteiger partial charge in [-0.3, -0.25) is 9.10 Å². The quantitative estimate of drug-likeness (QED) is 0.503. The Balaban J connectivity index is 1.68. The van der Waals surface area contributed by atoms with Crippen LogP contribution >= 0.6 is 11.8 Å². The van der Waals surface area contributed by atoms with Crippen LogP contribution in [-0.2, 0) is 14.8 Å². The molecule has 0 bridgehead atoms. The summed E-state index contributed by atoms with van der Waals surface area (Å²) in [6, 6.07) is 16.5. The van der Waals surface area contributed by atoms with Crippen LogP contribution < -0.4 is 19.1 Å². The molecule has 0 saturated carbocycles. The second kappa shape index (κ2) is 9.72. The number of ether oxygens (including phenoxy) is 2. The van der Waals surface area contributed by atoms with Gasteiger partial charge in [0.2, 0.25) is 5.91 Å². The first-order valence-electron chi connectivity index (χ1n) is 9.99. The highest BCUT2D eigenvalue weighted by atomic mass is 32.2. The first-order chi connectivity index (χ1) is 15.9. The molecular weight excluding hydrogens is 467 g/mol. The number of amides is 1. The van der Waals surface area contributed by atoms with Crippen LogP contribution in [0.25, 0.3) is 0 Å². The van der Waals surface area contributed by atoms with Gasteiger partial charge in [0, 0.05) is 11.0 Å². The number of thioether (sulfide) groups is 1. The number of sulfonamides is 1. The van der Waals surface area contributed by atoms with Crippen molar-refractivity contribution >= 4 is 39.1 Å². The summed E-state index contributed by atoms with van der Waals surface area (Å²) in [5.74, 6) is -0.464. The predicted octanol–water partition coefficient (Wildman–Crippen LogP) is 4.15. The Hall–Kier alpha value is -3.24. The molecule has 1 N–H and O–H groups in total. The first kappa shape index (κ1) is 22.9. The van der Waals surface area contributed by atoms with Crippen LogP contribution in [0, 0.1) is 5.82 Å². The third-order valence-corrected chi connectivity index (χ3v) is 7.43. The molecule has 33 heavy (non-hydrogen) atoms. The highest BCUT2D eigenvalue weighted by molar-refractivity contribution is 7.98. The fourth-order valence-electron chi connectivity index (χ4n) is 3.33. The lowest BCUT2D eigenvalue weighted by Crippen LogP contribution is -2.38. The lowest BCUT2D eigenvalue weighted by molar-refractivity contribution is -0.114. The van der Waals surface area contributed by atoms with E-state index in [1.54, 1.807) is 12.1 Å². The minimum Gasteiger partial charge on any atom is -0.486 e. The van der Waals surface area contributed by atoms with Crippen molar-refractivity contribution in [1.82, 2.24) is 0 Å². The molecule has 1 aliphatic heterocycles. The third-order valence-electron chi connectivity index (χ3n) is 4.87. The molecule has 0 fully saturated rings. The minimum absolute atomic E-state index is 0.0261. The molecule has 0 spiro atoms. The van der Waals surface area contributed by atoms with E-state index in [-0.39, 0.29) is 10.6 Å². The second-order valence-corrected chi connectivity index (χ2v) is 9.76. The number of nitrogens with zero attached hydrogens (tertiary/aromatic N) is 1. The molecule has 4 rings (SSSR count). The monoisotopic (exact) mass is 488 g/mol. The van der Waals surface area contributed by atoms with E-state index < -0.39 is 28.3 Å². The van der Waals surface area contributed by atoms with E-state index in [2.05, 4.69) is 5.32 Å². The maximum Gasteiger partial charge on any atom is 0.264 e. The van der Waals surface area contributed by atoms with Crippen LogP contribution in [0.5, 0.6) is 11.5 Å². The van der Waals surface area contributed by atoms with Crippen LogP contribution in [-0.4, -0.2) is 40.3 Å². The van der Waals surface area contributed by atoms with Crippen molar-refractivity contribution in [2.45, 2.75) is 9.79 Å². The van der Waals surface area contributed by atoms with E-state index in [4.69, 9.17) is 9.47 Å². The van der Waals surface area contributed by atoms with Gasteiger partial charge in [-0.1, -0.05) is 18.2 Å². The molecular formula is C23H21FN2O5S2. The number of hydrogen-bond donors (Lipinski definition) is 1. The molecule has 1 aliphatic rings. The van der Waals surface area contributed by atoms with Gasteiger partial charge in [0.05, 0.1) is 16.3 Å². The van der Waals surface area contributed by atoms with Gasteiger partial charge in [-0.15, -0.1) is 11.8 Å². The van der Waals surface area contributed by atoms with Gasteiger partial charge < -0.3 is 14.8 Å². The molecule has 0 unspecified atom stereocenters. The largest absolute Gasteiger partial charge is 0.486 e. The SMILES string of the molecule is CSc1ccccc1NC(=O)CN(c1cccc(F)c1)S(=O)(=O)c1ccc2c(c1)OCCO2. The average Bonchev–Trinajstić information content (AvgIpc) is 2.82. The molecule has 0 radical (unpaired) electrons. The van der Waals surface area contributed by atoms with E-state index in [1.165, 1.54) is 48.2 Å². The average molecular weight is 489 g/mol. The summed E-state index contributed by atoms with van der Waals surface area (Å²) in [5, 5.41) is 2.75. The number of halogens is 1. The number of anilines is 2. The van der Waals surface area contributed by atoms with Crippen LogP contribution in [0.15, 0.2) is 76.5 Å². The summed E-state index contributed by atoms with van der Waals surface area (Å²) in [5.41, 5.74) is 0.587. The van der Waals surface area contributed by atoms with E-state index in [9.17, 15) is 17.6 Å². The van der Waals surface area contributed by atoms with Gasteiger partial charge in [-0.05, 0) is 48.7 Å². The Kier molecular flexibility index (Phi) is 6.75. The van der Waals surface area contributed by atoms with Crippen molar-refractivity contribution in [3.8, 4) is 11.5 Å². The molecule has 172 valence electrons. The van der Waals surface area contributed by atoms with Gasteiger partial charge >= 0.3 is 0 Å². The number of hydrogen-bond acceptors (Lipinski definition) is 6. The fourth-order valence-corrected chi connectivity index (χ4v) is 5.31. The number of fused-ring (bicyclic) bond motifs is 1. The molecule has 7 nitrogen and oxygen atoms in total. The molecule has 0 saturated heterocycles. The Morgan fingerprint density at radius 2 is 1.79 bits per heavy atom. The molecule has 0 aromatic heterocycles. The highest BCUT2D eigenvalue weighted by Crippen LogP contribution is 2.34. The Morgan fingerprint density at radius 1 is 1.03 bits per heavy atom. The number of rotatable bonds is 7. The second-order valence-electron chi connectivity index (χ2n) is 7.05. The van der Waals surface area contributed by atoms with Gasteiger partial charge in [0.25, 0.3) is 10.0 Å². The molecule has 1 heterocycles. The van der Waals surface area contributed by atoms with Crippen LogP contribution in [0.3, 0.4) is 0 Å². The number of carbonyl (C=O) groups is 1. The molecule has 1 amide bonds. The van der Waals surface area contributed by atoms with Gasteiger partial charge in [-0.25, -0.2) is 12.8 Å². The summed E-state index contributed by atoms with van der Waals surface area (Å²) in [7, 11) is -4.24. The fraction of sp³-hybridized carbons (Fsp3) is 0.174. The number of nitrogens with one attached hydrogen (secondary N) is 1. The Bertz CT molecular complexity index is 1280. The zero-order chi connectivity index (χ0) is 23.4. The predicted molar refractivity (Wildman–Crippen MR) is 125 cm³/mol. The zero-order valence-electron chi connectivity index (χ0n) is 17.7. The maximum atomic E-state index is 14.0. The number of para-hydroxylation sites is 1. The molecule has 0 aliphatic carbocycles. The van der Waals surface area contributed by atoms with Crippen molar-refractivity contribution in [3.05, 3.63) is 72.5 Å². The van der Waals surface area contributed by atoms with Crippen molar-refractivity contribution < 1.29 is 27.1 Å². The first-order valence-corrected chi connectivity index (χ1v) is 12.7. The maximum absolute atomic E-state index is 14.0. The van der Waals surface area contributed by atoms with Crippen molar-refractivity contribution in [2.75, 3.05) is 35.6 Å². The summed E-state index contributed by atoms with van der Waals surface area (Å²) in [4.78, 5) is 13.6. The van der Waals surface area contributed by atoms with E-state index in [0.717, 1.165) is 15.3 Å². The third kappa shape index (κ3) is 5.07. The lowest BCUT2D eigenvalue weighted by Gasteiger charge is -2.25. The van der Waals surface area contributed by atoms with Gasteiger partial charge in [-0.2, -0.15) is 0 Å². The number of carbonyl (C=O) groups excluding carboxylic acids is 1. The summed E-state index contributed by atoms with van der Waals surface area (Å²) in [6.45, 7) is 0.108. The summed E-state index contributed by atoms with van der Waals surface area (Å²) < 4.78 is 52.9. The van der Waals surface area contributed by atoms with Crippen molar-refractivity contribution in [2.24, 2.45) is 0 Å². The van der Waals surface area contributed by atoms with E-state index in [0.29, 0.717) is 30.4 Å². The van der Waals surface area contributed by atoms with Crippen LogP contribution in [0.1, 0.15) is 0 Å². The van der Waals surface area contributed by atoms with Gasteiger partial charge in [0.15, 0.2) is 11.5 Å². The Morgan fingerprint density at radius 3 is 2.55 bits per heavy atom. The molecule has 0 atom stereocenters. The Labute approximate surface area is 195 Å². The lowest BCUT2D eigenvalue weighted by atomic mass is 10.3. The van der Waals surface area contributed by atoms with E-state index >= 15 is 0 Å². The molecule has 3 aromatic rings. The molecule has 3 aromatic carbocycles. The smallest absolute Gasteiger partial charge is 0.264 e.